The molecule has 0 N–H and O–H groups in total. The Hall–Kier alpha value is -3.46. The van der Waals surface area contributed by atoms with Gasteiger partial charge in [-0.3, -0.25) is 28.3 Å². The molecule has 0 atom stereocenters. The third-order valence-electron chi connectivity index (χ3n) is 5.35. The maximum atomic E-state index is 12.9. The second kappa shape index (κ2) is 7.66. The predicted molar refractivity (Wildman–Crippen MR) is 118 cm³/mol. The molecule has 156 valence electrons. The number of carbonyl (C=O) groups excluding carboxylic acids is 2. The molecule has 31 heavy (non-hydrogen) atoms. The minimum atomic E-state index is -0.269. The lowest BCUT2D eigenvalue weighted by molar-refractivity contribution is 0.0664. The highest BCUT2D eigenvalue weighted by Gasteiger charge is 2.34. The fourth-order valence-corrected chi connectivity index (χ4v) is 4.79. The summed E-state index contributed by atoms with van der Waals surface area (Å²) < 4.78 is 3.52. The number of imide groups is 1. The molecule has 1 aliphatic heterocycles. The molecule has 3 heterocycles. The number of thioether (sulfide) groups is 1. The van der Waals surface area contributed by atoms with Gasteiger partial charge in [-0.2, -0.15) is 0 Å². The van der Waals surface area contributed by atoms with E-state index in [0.717, 1.165) is 11.9 Å². The maximum Gasteiger partial charge on any atom is 0.262 e. The standard InChI is InChI=1S/C22H19N5O3S/c1-2-11-26-20(30)16-9-5-6-10-17(16)27-21(26)23-24-22(27)31-13-12-25-18(28)14-7-3-4-8-15(14)19(25)29/h3-10H,2,11-13H2,1H3. The Morgan fingerprint density at radius 1 is 0.871 bits per heavy atom. The molecule has 0 radical (unpaired) electrons. The summed E-state index contributed by atoms with van der Waals surface area (Å²) in [4.78, 5) is 39.3. The number of amides is 2. The Morgan fingerprint density at radius 3 is 2.26 bits per heavy atom. The van der Waals surface area contributed by atoms with E-state index in [2.05, 4.69) is 10.2 Å². The molecule has 2 aromatic carbocycles. The van der Waals surface area contributed by atoms with Crippen LogP contribution in [0, 0.1) is 0 Å². The number of aryl methyl sites for hydroxylation is 1. The summed E-state index contributed by atoms with van der Waals surface area (Å²) in [5.41, 5.74) is 1.54. The molecule has 0 saturated carbocycles. The van der Waals surface area contributed by atoms with E-state index < -0.39 is 0 Å². The van der Waals surface area contributed by atoms with Crippen LogP contribution in [0.1, 0.15) is 34.1 Å². The van der Waals surface area contributed by atoms with Crippen molar-refractivity contribution in [3.63, 3.8) is 0 Å². The lowest BCUT2D eigenvalue weighted by atomic mass is 10.1. The molecule has 0 fully saturated rings. The van der Waals surface area contributed by atoms with Gasteiger partial charge in [0.15, 0.2) is 5.16 Å². The lowest BCUT2D eigenvalue weighted by Gasteiger charge is -2.13. The third-order valence-corrected chi connectivity index (χ3v) is 6.26. The van der Waals surface area contributed by atoms with E-state index in [4.69, 9.17) is 0 Å². The molecule has 0 spiro atoms. The van der Waals surface area contributed by atoms with Gasteiger partial charge in [-0.25, -0.2) is 0 Å². The zero-order chi connectivity index (χ0) is 21.5. The van der Waals surface area contributed by atoms with Crippen molar-refractivity contribution in [3.05, 3.63) is 70.0 Å². The summed E-state index contributed by atoms with van der Waals surface area (Å²) >= 11 is 1.40. The quantitative estimate of drug-likeness (QED) is 0.343. The van der Waals surface area contributed by atoms with Gasteiger partial charge in [-0.15, -0.1) is 10.2 Å². The third kappa shape index (κ3) is 3.04. The van der Waals surface area contributed by atoms with Crippen LogP contribution < -0.4 is 5.56 Å². The first-order chi connectivity index (χ1) is 15.1. The Bertz CT molecular complexity index is 1370. The van der Waals surface area contributed by atoms with Gasteiger partial charge in [0, 0.05) is 18.8 Å². The van der Waals surface area contributed by atoms with Crippen LogP contribution in [-0.2, 0) is 6.54 Å². The van der Waals surface area contributed by atoms with E-state index in [1.165, 1.54) is 16.7 Å². The second-order valence-corrected chi connectivity index (χ2v) is 8.31. The van der Waals surface area contributed by atoms with Crippen LogP contribution in [0.25, 0.3) is 16.7 Å². The van der Waals surface area contributed by atoms with Crippen LogP contribution in [0.15, 0.2) is 58.5 Å². The van der Waals surface area contributed by atoms with Crippen LogP contribution in [0.3, 0.4) is 0 Å². The van der Waals surface area contributed by atoms with Crippen LogP contribution in [0.2, 0.25) is 0 Å². The summed E-state index contributed by atoms with van der Waals surface area (Å²) in [6.45, 7) is 2.82. The average molecular weight is 433 g/mol. The molecular formula is C22H19N5O3S. The number of rotatable bonds is 6. The minimum absolute atomic E-state index is 0.0834. The van der Waals surface area contributed by atoms with Gasteiger partial charge in [0.1, 0.15) is 0 Å². The SMILES string of the molecule is CCCn1c(=O)c2ccccc2n2c(SCCN3C(=O)c4ccccc4C3=O)nnc12. The molecular weight excluding hydrogens is 414 g/mol. The van der Waals surface area contributed by atoms with Crippen molar-refractivity contribution in [3.8, 4) is 0 Å². The van der Waals surface area contributed by atoms with E-state index in [0.29, 0.717) is 39.7 Å². The first-order valence-corrected chi connectivity index (χ1v) is 11.0. The van der Waals surface area contributed by atoms with Crippen LogP contribution in [0.4, 0.5) is 0 Å². The molecule has 9 heteroatoms. The molecule has 4 aromatic rings. The van der Waals surface area contributed by atoms with Crippen molar-refractivity contribution in [1.29, 1.82) is 0 Å². The molecule has 5 rings (SSSR count). The topological polar surface area (TPSA) is 89.6 Å². The smallest absolute Gasteiger partial charge is 0.262 e. The second-order valence-electron chi connectivity index (χ2n) is 7.25. The molecule has 0 unspecified atom stereocenters. The first-order valence-electron chi connectivity index (χ1n) is 10.1. The summed E-state index contributed by atoms with van der Waals surface area (Å²) in [5, 5.41) is 9.79. The minimum Gasteiger partial charge on any atom is -0.276 e. The Labute approximate surface area is 181 Å². The highest BCUT2D eigenvalue weighted by atomic mass is 32.2. The highest BCUT2D eigenvalue weighted by molar-refractivity contribution is 7.99. The molecule has 0 saturated heterocycles. The van der Waals surface area contributed by atoms with Gasteiger partial charge in [0.05, 0.1) is 22.0 Å². The van der Waals surface area contributed by atoms with Gasteiger partial charge in [-0.1, -0.05) is 43.0 Å². The monoisotopic (exact) mass is 433 g/mol. The normalized spacial score (nSPS) is 13.5. The fraction of sp³-hybridized carbons (Fsp3) is 0.227. The van der Waals surface area contributed by atoms with Crippen molar-refractivity contribution in [2.24, 2.45) is 0 Å². The zero-order valence-electron chi connectivity index (χ0n) is 16.8. The number of hydrogen-bond donors (Lipinski definition) is 0. The molecule has 8 nitrogen and oxygen atoms in total. The number of hydrogen-bond acceptors (Lipinski definition) is 6. The molecule has 0 bridgehead atoms. The summed E-state index contributed by atoms with van der Waals surface area (Å²) in [5.74, 6) is 0.422. The first kappa shape index (κ1) is 19.5. The highest BCUT2D eigenvalue weighted by Crippen LogP contribution is 2.25. The number of aromatic nitrogens is 4. The van der Waals surface area contributed by atoms with Gasteiger partial charge in [-0.05, 0) is 30.7 Å². The molecule has 0 aliphatic carbocycles. The average Bonchev–Trinajstić information content (AvgIpc) is 3.32. The van der Waals surface area contributed by atoms with Crippen molar-refractivity contribution in [2.45, 2.75) is 25.0 Å². The molecule has 1 aliphatic rings. The maximum absolute atomic E-state index is 12.9. The van der Waals surface area contributed by atoms with Gasteiger partial charge >= 0.3 is 0 Å². The van der Waals surface area contributed by atoms with E-state index in [1.54, 1.807) is 34.9 Å². The lowest BCUT2D eigenvalue weighted by Crippen LogP contribution is -2.31. The summed E-state index contributed by atoms with van der Waals surface area (Å²) in [6.07, 6.45) is 0.795. The Morgan fingerprint density at radius 2 is 1.55 bits per heavy atom. The van der Waals surface area contributed by atoms with E-state index in [-0.39, 0.29) is 23.9 Å². The summed E-state index contributed by atoms with van der Waals surface area (Å²) in [6, 6.07) is 14.2. The number of fused-ring (bicyclic) bond motifs is 4. The number of nitrogens with zero attached hydrogens (tertiary/aromatic N) is 5. The van der Waals surface area contributed by atoms with E-state index >= 15 is 0 Å². The van der Waals surface area contributed by atoms with Crippen molar-refractivity contribution in [2.75, 3.05) is 12.3 Å². The largest absolute Gasteiger partial charge is 0.276 e. The van der Waals surface area contributed by atoms with Crippen molar-refractivity contribution < 1.29 is 9.59 Å². The Kier molecular flexibility index (Phi) is 4.82. The van der Waals surface area contributed by atoms with Gasteiger partial charge < -0.3 is 0 Å². The Balaban J connectivity index is 1.45. The van der Waals surface area contributed by atoms with E-state index in [1.807, 2.05) is 29.5 Å². The summed E-state index contributed by atoms with van der Waals surface area (Å²) in [7, 11) is 0. The van der Waals surface area contributed by atoms with Crippen molar-refractivity contribution >= 4 is 40.3 Å². The van der Waals surface area contributed by atoms with Gasteiger partial charge in [0.25, 0.3) is 17.4 Å². The number of carbonyl (C=O) groups is 2. The molecule has 2 amide bonds. The van der Waals surface area contributed by atoms with Crippen LogP contribution in [-0.4, -0.2) is 48.2 Å². The zero-order valence-corrected chi connectivity index (χ0v) is 17.6. The predicted octanol–water partition coefficient (Wildman–Crippen LogP) is 2.84. The van der Waals surface area contributed by atoms with Crippen LogP contribution >= 0.6 is 11.8 Å². The fourth-order valence-electron chi connectivity index (χ4n) is 3.92. The van der Waals surface area contributed by atoms with Crippen LogP contribution in [0.5, 0.6) is 0 Å². The number of benzene rings is 2. The number of para-hydroxylation sites is 1. The van der Waals surface area contributed by atoms with Crippen molar-refractivity contribution in [1.82, 2.24) is 24.1 Å². The van der Waals surface area contributed by atoms with Gasteiger partial charge in [0.2, 0.25) is 5.78 Å². The molecule has 2 aromatic heterocycles. The van der Waals surface area contributed by atoms with E-state index in [9.17, 15) is 14.4 Å².